The smallest absolute Gasteiger partial charge is 0.244 e. The van der Waals surface area contributed by atoms with E-state index in [0.29, 0.717) is 6.04 Å². The normalized spacial score (nSPS) is 29.1. The van der Waals surface area contributed by atoms with Crippen LogP contribution in [-0.4, -0.2) is 47.9 Å². The lowest BCUT2D eigenvalue weighted by atomic mass is 9.99. The summed E-state index contributed by atoms with van der Waals surface area (Å²) in [5.41, 5.74) is 0. The van der Waals surface area contributed by atoms with Crippen molar-refractivity contribution >= 4 is 11.8 Å². The van der Waals surface area contributed by atoms with Gasteiger partial charge in [0.15, 0.2) is 0 Å². The summed E-state index contributed by atoms with van der Waals surface area (Å²) in [6.07, 6.45) is 5.20. The van der Waals surface area contributed by atoms with Crippen LogP contribution >= 0.6 is 0 Å². The molecule has 2 aliphatic heterocycles. The Balaban J connectivity index is 1.82. The van der Waals surface area contributed by atoms with Crippen molar-refractivity contribution < 1.29 is 9.59 Å². The highest BCUT2D eigenvalue weighted by Gasteiger charge is 2.28. The summed E-state index contributed by atoms with van der Waals surface area (Å²) in [5, 5.41) is 6.15. The average molecular weight is 267 g/mol. The molecule has 2 heterocycles. The lowest BCUT2D eigenvalue weighted by Crippen LogP contribution is -2.54. The fourth-order valence-corrected chi connectivity index (χ4v) is 2.93. The molecular formula is C14H25N3O2. The van der Waals surface area contributed by atoms with Gasteiger partial charge in [-0.15, -0.1) is 0 Å². The monoisotopic (exact) mass is 267 g/mol. The topological polar surface area (TPSA) is 61.4 Å². The maximum atomic E-state index is 12.1. The molecule has 2 rings (SSSR count). The Kier molecular flexibility index (Phi) is 4.80. The first-order valence-corrected chi connectivity index (χ1v) is 7.43. The van der Waals surface area contributed by atoms with Crippen molar-refractivity contribution in [2.45, 2.75) is 64.1 Å². The molecule has 0 aromatic carbocycles. The Labute approximate surface area is 115 Å². The second kappa shape index (κ2) is 6.37. The van der Waals surface area contributed by atoms with Crippen molar-refractivity contribution in [1.29, 1.82) is 0 Å². The summed E-state index contributed by atoms with van der Waals surface area (Å²) in [7, 11) is 0. The Morgan fingerprint density at radius 3 is 2.53 bits per heavy atom. The molecule has 2 saturated heterocycles. The van der Waals surface area contributed by atoms with E-state index < -0.39 is 6.04 Å². The lowest BCUT2D eigenvalue weighted by molar-refractivity contribution is -0.135. The van der Waals surface area contributed by atoms with Crippen LogP contribution in [0.1, 0.15) is 46.0 Å². The number of hydrogen-bond acceptors (Lipinski definition) is 3. The first kappa shape index (κ1) is 14.3. The Hall–Kier alpha value is -1.10. The lowest BCUT2D eigenvalue weighted by Gasteiger charge is -2.29. The molecule has 2 amide bonds. The SMILES string of the molecule is CC1CCCC(C(=O)NC(C)C(=O)N2CCCC2)N1. The standard InChI is InChI=1S/C14H25N3O2/c1-10-6-5-7-12(15-10)13(18)16-11(2)14(19)17-8-3-4-9-17/h10-12,15H,3-9H2,1-2H3,(H,16,18). The van der Waals surface area contributed by atoms with Crippen LogP contribution < -0.4 is 10.6 Å². The molecule has 5 nitrogen and oxygen atoms in total. The van der Waals surface area contributed by atoms with E-state index in [2.05, 4.69) is 17.6 Å². The molecule has 3 atom stereocenters. The molecule has 0 spiro atoms. The average Bonchev–Trinajstić information content (AvgIpc) is 2.91. The van der Waals surface area contributed by atoms with Gasteiger partial charge in [0.2, 0.25) is 11.8 Å². The van der Waals surface area contributed by atoms with Crippen LogP contribution in [0, 0.1) is 0 Å². The Bertz CT molecular complexity index is 340. The molecule has 108 valence electrons. The molecule has 0 aromatic heterocycles. The van der Waals surface area contributed by atoms with Crippen molar-refractivity contribution in [3.63, 3.8) is 0 Å². The Morgan fingerprint density at radius 1 is 1.21 bits per heavy atom. The molecule has 2 N–H and O–H groups in total. The minimum absolute atomic E-state index is 0.0356. The highest BCUT2D eigenvalue weighted by Crippen LogP contribution is 2.13. The van der Waals surface area contributed by atoms with E-state index in [1.807, 2.05) is 4.90 Å². The van der Waals surface area contributed by atoms with Gasteiger partial charge in [-0.3, -0.25) is 9.59 Å². The molecule has 5 heteroatoms. The molecule has 0 aromatic rings. The third kappa shape index (κ3) is 3.69. The number of likely N-dealkylation sites (tertiary alicyclic amines) is 1. The number of piperidine rings is 1. The van der Waals surface area contributed by atoms with Gasteiger partial charge in [0.1, 0.15) is 6.04 Å². The second-order valence-electron chi connectivity index (χ2n) is 5.81. The summed E-state index contributed by atoms with van der Waals surface area (Å²) in [6, 6.07) is -0.170. The van der Waals surface area contributed by atoms with Crippen LogP contribution in [0.15, 0.2) is 0 Å². The number of carbonyl (C=O) groups excluding carboxylic acids is 2. The fourth-order valence-electron chi connectivity index (χ4n) is 2.93. The minimum atomic E-state index is -0.412. The van der Waals surface area contributed by atoms with Crippen molar-refractivity contribution in [2.75, 3.05) is 13.1 Å². The molecular weight excluding hydrogens is 242 g/mol. The van der Waals surface area contributed by atoms with Crippen LogP contribution in [0.2, 0.25) is 0 Å². The van der Waals surface area contributed by atoms with Gasteiger partial charge in [0.05, 0.1) is 6.04 Å². The largest absolute Gasteiger partial charge is 0.343 e. The van der Waals surface area contributed by atoms with E-state index in [4.69, 9.17) is 0 Å². The zero-order valence-electron chi connectivity index (χ0n) is 11.9. The summed E-state index contributed by atoms with van der Waals surface area (Å²) in [4.78, 5) is 26.1. The minimum Gasteiger partial charge on any atom is -0.343 e. The van der Waals surface area contributed by atoms with E-state index in [1.54, 1.807) is 6.92 Å². The van der Waals surface area contributed by atoms with Crippen LogP contribution in [0.5, 0.6) is 0 Å². The zero-order chi connectivity index (χ0) is 13.8. The summed E-state index contributed by atoms with van der Waals surface area (Å²) in [5.74, 6) is 0.0151. The summed E-state index contributed by atoms with van der Waals surface area (Å²) in [6.45, 7) is 5.54. The van der Waals surface area contributed by atoms with Gasteiger partial charge in [-0.25, -0.2) is 0 Å². The van der Waals surface area contributed by atoms with Gasteiger partial charge in [-0.1, -0.05) is 0 Å². The van der Waals surface area contributed by atoms with Gasteiger partial charge in [-0.05, 0) is 46.0 Å². The number of rotatable bonds is 3. The second-order valence-corrected chi connectivity index (χ2v) is 5.81. The van der Waals surface area contributed by atoms with E-state index in [0.717, 1.165) is 45.2 Å². The van der Waals surface area contributed by atoms with Crippen molar-refractivity contribution in [1.82, 2.24) is 15.5 Å². The van der Waals surface area contributed by atoms with Gasteiger partial charge in [0, 0.05) is 19.1 Å². The van der Waals surface area contributed by atoms with Crippen LogP contribution in [-0.2, 0) is 9.59 Å². The number of amides is 2. The third-order valence-electron chi connectivity index (χ3n) is 4.08. The number of hydrogen-bond donors (Lipinski definition) is 2. The number of nitrogens with zero attached hydrogens (tertiary/aromatic N) is 1. The summed E-state index contributed by atoms with van der Waals surface area (Å²) < 4.78 is 0. The van der Waals surface area contributed by atoms with Gasteiger partial charge in [-0.2, -0.15) is 0 Å². The maximum Gasteiger partial charge on any atom is 0.244 e. The first-order chi connectivity index (χ1) is 9.08. The highest BCUT2D eigenvalue weighted by atomic mass is 16.2. The number of nitrogens with one attached hydrogen (secondary N) is 2. The van der Waals surface area contributed by atoms with Gasteiger partial charge < -0.3 is 15.5 Å². The van der Waals surface area contributed by atoms with Crippen LogP contribution in [0.4, 0.5) is 0 Å². The molecule has 0 saturated carbocycles. The zero-order valence-corrected chi connectivity index (χ0v) is 11.9. The molecule has 3 unspecified atom stereocenters. The molecule has 2 aliphatic rings. The van der Waals surface area contributed by atoms with E-state index in [1.165, 1.54) is 0 Å². The molecule has 0 bridgehead atoms. The highest BCUT2D eigenvalue weighted by molar-refractivity contribution is 5.89. The van der Waals surface area contributed by atoms with Crippen molar-refractivity contribution in [3.8, 4) is 0 Å². The third-order valence-corrected chi connectivity index (χ3v) is 4.08. The van der Waals surface area contributed by atoms with Crippen LogP contribution in [0.3, 0.4) is 0 Å². The van der Waals surface area contributed by atoms with E-state index in [9.17, 15) is 9.59 Å². The van der Waals surface area contributed by atoms with E-state index >= 15 is 0 Å². The maximum absolute atomic E-state index is 12.1. The molecule has 0 radical (unpaired) electrons. The van der Waals surface area contributed by atoms with E-state index in [-0.39, 0.29) is 17.9 Å². The fraction of sp³-hybridized carbons (Fsp3) is 0.857. The molecule has 0 aliphatic carbocycles. The quantitative estimate of drug-likeness (QED) is 0.789. The number of carbonyl (C=O) groups is 2. The molecule has 19 heavy (non-hydrogen) atoms. The molecule has 2 fully saturated rings. The van der Waals surface area contributed by atoms with Gasteiger partial charge in [0.25, 0.3) is 0 Å². The Morgan fingerprint density at radius 2 is 1.89 bits per heavy atom. The predicted octanol–water partition coefficient (Wildman–Crippen LogP) is 0.644. The summed E-state index contributed by atoms with van der Waals surface area (Å²) >= 11 is 0. The first-order valence-electron chi connectivity index (χ1n) is 7.43. The van der Waals surface area contributed by atoms with Crippen LogP contribution in [0.25, 0.3) is 0 Å². The van der Waals surface area contributed by atoms with Crippen molar-refractivity contribution in [2.24, 2.45) is 0 Å². The predicted molar refractivity (Wildman–Crippen MR) is 73.7 cm³/mol. The van der Waals surface area contributed by atoms with Crippen molar-refractivity contribution in [3.05, 3.63) is 0 Å². The van der Waals surface area contributed by atoms with Gasteiger partial charge >= 0.3 is 0 Å².